The van der Waals surface area contributed by atoms with Gasteiger partial charge in [-0.05, 0) is 46.4 Å². The Morgan fingerprint density at radius 3 is 1.18 bits per heavy atom. The summed E-state index contributed by atoms with van der Waals surface area (Å²) >= 11 is 0. The molecule has 0 saturated heterocycles. The third kappa shape index (κ3) is 5.40. The second kappa shape index (κ2) is 12.2. The van der Waals surface area contributed by atoms with E-state index in [0.29, 0.717) is 0 Å². The summed E-state index contributed by atoms with van der Waals surface area (Å²) in [6, 6.07) is 47.2. The molecule has 8 aromatic rings. The van der Waals surface area contributed by atoms with E-state index in [9.17, 15) is 0 Å². The molecule has 0 atom stereocenters. The van der Waals surface area contributed by atoms with Crippen LogP contribution in [0.1, 0.15) is 0 Å². The van der Waals surface area contributed by atoms with Gasteiger partial charge in [0.2, 0.25) is 0 Å². The van der Waals surface area contributed by atoms with Crippen LogP contribution < -0.4 is 24.8 Å². The third-order valence-corrected chi connectivity index (χ3v) is 6.96. The van der Waals surface area contributed by atoms with Crippen LogP contribution in [0, 0.1) is 0 Å². The number of halogens is 2. The van der Waals surface area contributed by atoms with E-state index in [2.05, 4.69) is 155 Å². The molecule has 6 aromatic carbocycles. The minimum atomic E-state index is 0. The Labute approximate surface area is 258 Å². The summed E-state index contributed by atoms with van der Waals surface area (Å²) in [5.41, 5.74) is 4.98. The Bertz CT molecular complexity index is 1760. The average Bonchev–Trinajstić information content (AvgIpc) is 3.71. The Morgan fingerprint density at radius 1 is 0.410 bits per heavy atom. The van der Waals surface area contributed by atoms with Gasteiger partial charge in [-0.3, -0.25) is 0 Å². The zero-order valence-corrected chi connectivity index (χ0v) is 26.1. The minimum absolute atomic E-state index is 0. The van der Waals surface area contributed by atoms with Gasteiger partial charge in [0.05, 0.1) is 11.0 Å². The first-order valence-corrected chi connectivity index (χ1v) is 12.3. The Morgan fingerprint density at radius 2 is 0.769 bits per heavy atom. The first-order valence-electron chi connectivity index (χ1n) is 12.3. The van der Waals surface area contributed by atoms with Gasteiger partial charge in [-0.15, -0.1) is 82.2 Å². The van der Waals surface area contributed by atoms with Crippen LogP contribution >= 0.6 is 0 Å². The van der Waals surface area contributed by atoms with E-state index in [4.69, 9.17) is 0 Å². The van der Waals surface area contributed by atoms with Gasteiger partial charge in [0.25, 0.3) is 0 Å². The first kappa shape index (κ1) is 28.6. The summed E-state index contributed by atoms with van der Waals surface area (Å²) in [5.74, 6) is 0. The summed E-state index contributed by atoms with van der Waals surface area (Å²) in [6.45, 7) is 0. The Balaban J connectivity index is 0.000000168. The smallest absolute Gasteiger partial charge is 1.00 e. The van der Waals surface area contributed by atoms with Gasteiger partial charge in [0.1, 0.15) is 0 Å². The zero-order chi connectivity index (χ0) is 23.9. The van der Waals surface area contributed by atoms with Crippen LogP contribution in [-0.2, 0) is 25.8 Å². The van der Waals surface area contributed by atoms with Gasteiger partial charge in [-0.2, -0.15) is 0 Å². The number of fused-ring (bicyclic) bond motifs is 4. The van der Waals surface area contributed by atoms with Crippen LogP contribution in [-0.4, -0.2) is 9.13 Å². The first-order chi connectivity index (χ1) is 17.8. The molecule has 0 fully saturated rings. The number of para-hydroxylation sites is 2. The standard InChI is InChI=1S/2C17H12N.2ClH.Hf/c2*1-2-7-15-12-16(11-14(15)6-1)18-10-9-13-5-3-4-8-17(13)18;;;/h2*1-12H;2*1H;/q2*-1;;;+4/p-2. The molecule has 2 nitrogen and oxygen atoms in total. The minimum Gasteiger partial charge on any atom is -1.00 e. The third-order valence-electron chi connectivity index (χ3n) is 6.96. The molecule has 0 aliphatic rings. The number of nitrogens with zero attached hydrogens (tertiary/aromatic N) is 2. The maximum atomic E-state index is 2.25. The van der Waals surface area contributed by atoms with E-state index in [-0.39, 0.29) is 50.7 Å². The summed E-state index contributed by atoms with van der Waals surface area (Å²) < 4.78 is 4.49. The fraction of sp³-hybridized carbons (Fsp3) is 0. The van der Waals surface area contributed by atoms with Crippen LogP contribution in [0.15, 0.2) is 146 Å². The van der Waals surface area contributed by atoms with Crippen LogP contribution in [0.2, 0.25) is 0 Å². The molecule has 2 aromatic heterocycles. The maximum absolute atomic E-state index is 2.25. The fourth-order valence-electron chi connectivity index (χ4n) is 5.16. The van der Waals surface area contributed by atoms with Crippen molar-refractivity contribution in [2.24, 2.45) is 0 Å². The van der Waals surface area contributed by atoms with Gasteiger partial charge in [0.15, 0.2) is 0 Å². The van der Waals surface area contributed by atoms with Crippen molar-refractivity contribution < 1.29 is 50.7 Å². The molecule has 5 heteroatoms. The molecule has 0 bridgehead atoms. The van der Waals surface area contributed by atoms with Crippen LogP contribution in [0.25, 0.3) is 54.7 Å². The van der Waals surface area contributed by atoms with Gasteiger partial charge in [0, 0.05) is 12.4 Å². The molecular formula is C34H24Cl2HfN2. The van der Waals surface area contributed by atoms with E-state index >= 15 is 0 Å². The van der Waals surface area contributed by atoms with Crippen LogP contribution in [0.5, 0.6) is 0 Å². The molecule has 2 heterocycles. The summed E-state index contributed by atoms with van der Waals surface area (Å²) in [4.78, 5) is 0. The normalized spacial score (nSPS) is 10.5. The van der Waals surface area contributed by atoms with Gasteiger partial charge in [-0.1, -0.05) is 48.5 Å². The van der Waals surface area contributed by atoms with Crippen molar-refractivity contribution >= 4 is 43.4 Å². The van der Waals surface area contributed by atoms with Crippen LogP contribution in [0.3, 0.4) is 0 Å². The van der Waals surface area contributed by atoms with Gasteiger partial charge in [-0.25, -0.2) is 0 Å². The zero-order valence-electron chi connectivity index (χ0n) is 21.0. The molecule has 0 aliphatic heterocycles. The fourth-order valence-corrected chi connectivity index (χ4v) is 5.16. The molecule has 39 heavy (non-hydrogen) atoms. The topological polar surface area (TPSA) is 9.86 Å². The van der Waals surface area contributed by atoms with E-state index in [0.717, 1.165) is 0 Å². The Hall–Kier alpha value is -3.37. The van der Waals surface area contributed by atoms with E-state index in [1.54, 1.807) is 0 Å². The van der Waals surface area contributed by atoms with Crippen LogP contribution in [0.4, 0.5) is 0 Å². The van der Waals surface area contributed by atoms with Gasteiger partial charge >= 0.3 is 25.8 Å². The Kier molecular flexibility index (Phi) is 8.97. The number of rotatable bonds is 2. The predicted octanol–water partition coefficient (Wildman–Crippen LogP) is 3.01. The van der Waals surface area contributed by atoms with Crippen molar-refractivity contribution in [2.75, 3.05) is 0 Å². The average molecular weight is 710 g/mol. The number of hydrogen-bond acceptors (Lipinski definition) is 0. The second-order valence-electron chi connectivity index (χ2n) is 9.17. The van der Waals surface area contributed by atoms with Crippen molar-refractivity contribution in [1.82, 2.24) is 9.13 Å². The van der Waals surface area contributed by atoms with E-state index < -0.39 is 0 Å². The number of hydrogen-bond donors (Lipinski definition) is 0. The molecule has 0 spiro atoms. The molecule has 0 N–H and O–H groups in total. The molecule has 0 unspecified atom stereocenters. The quantitative estimate of drug-likeness (QED) is 0.193. The monoisotopic (exact) mass is 710 g/mol. The molecule has 188 valence electrons. The van der Waals surface area contributed by atoms with Crippen molar-refractivity contribution in [1.29, 1.82) is 0 Å². The largest absolute Gasteiger partial charge is 4.00 e. The maximum Gasteiger partial charge on any atom is 4.00 e. The molecule has 0 saturated carbocycles. The predicted molar refractivity (Wildman–Crippen MR) is 153 cm³/mol. The van der Waals surface area contributed by atoms with Crippen molar-refractivity contribution in [3.05, 3.63) is 146 Å². The molecular weight excluding hydrogens is 686 g/mol. The van der Waals surface area contributed by atoms with Crippen molar-refractivity contribution in [2.45, 2.75) is 0 Å². The SMILES string of the molecule is [Cl-].[Cl-].[Hf+4].c1ccc2[cH-]c(-n3ccc4ccccc43)cc2c1.c1ccc2[cH-]c(-n3ccc4ccccc43)cc2c1. The van der Waals surface area contributed by atoms with Gasteiger partial charge < -0.3 is 33.9 Å². The molecule has 8 rings (SSSR count). The summed E-state index contributed by atoms with van der Waals surface area (Å²) in [6.07, 6.45) is 4.28. The summed E-state index contributed by atoms with van der Waals surface area (Å²) in [7, 11) is 0. The van der Waals surface area contributed by atoms with Crippen molar-refractivity contribution in [3.63, 3.8) is 0 Å². The second-order valence-corrected chi connectivity index (χ2v) is 9.17. The number of aromatic nitrogens is 2. The molecule has 0 amide bonds. The molecule has 0 radical (unpaired) electrons. The van der Waals surface area contributed by atoms with E-state index in [1.165, 1.54) is 54.7 Å². The van der Waals surface area contributed by atoms with Crippen molar-refractivity contribution in [3.8, 4) is 11.4 Å². The van der Waals surface area contributed by atoms with E-state index in [1.807, 2.05) is 0 Å². The molecule has 0 aliphatic carbocycles. The summed E-state index contributed by atoms with van der Waals surface area (Å²) in [5, 5.41) is 7.75. The number of benzene rings is 4.